The largest absolute Gasteiger partial charge is 0.457 e. The second kappa shape index (κ2) is 11.8. The molecule has 11 heteroatoms. The van der Waals surface area contributed by atoms with Crippen LogP contribution >= 0.6 is 0 Å². The summed E-state index contributed by atoms with van der Waals surface area (Å²) in [4.78, 5) is 36.8. The molecule has 2 aliphatic heterocycles. The number of carbonyl (C=O) groups excluding carboxylic acids is 2. The molecule has 7 rings (SSSR count). The van der Waals surface area contributed by atoms with Crippen LogP contribution in [0.25, 0.3) is 22.3 Å². The Bertz CT molecular complexity index is 1810. The predicted molar refractivity (Wildman–Crippen MR) is 167 cm³/mol. The number of benzene rings is 3. The quantitative estimate of drug-likeness (QED) is 0.267. The first-order valence-corrected chi connectivity index (χ1v) is 14.8. The number of ether oxygens (including phenoxy) is 1. The number of nitrogens with zero attached hydrogens (tertiary/aromatic N) is 6. The molecule has 0 atom stereocenters. The third kappa shape index (κ3) is 5.57. The molecule has 3 amide bonds. The van der Waals surface area contributed by atoms with Crippen LogP contribution in [-0.2, 0) is 11.3 Å². The highest BCUT2D eigenvalue weighted by molar-refractivity contribution is 6.05. The number of piperidine rings is 1. The Morgan fingerprint density at radius 3 is 2.43 bits per heavy atom. The second-order valence-corrected chi connectivity index (χ2v) is 11.1. The number of hydrogen-bond acceptors (Lipinski definition) is 8. The summed E-state index contributed by atoms with van der Waals surface area (Å²) < 4.78 is 7.99. The Kier molecular flexibility index (Phi) is 7.37. The van der Waals surface area contributed by atoms with E-state index in [-0.39, 0.29) is 18.0 Å². The van der Waals surface area contributed by atoms with Crippen LogP contribution in [0.15, 0.2) is 85.2 Å². The van der Waals surface area contributed by atoms with Crippen molar-refractivity contribution in [2.24, 2.45) is 0 Å². The number of anilines is 2. The van der Waals surface area contributed by atoms with Gasteiger partial charge in [-0.2, -0.15) is 5.10 Å². The standard InChI is InChI=1S/C33H32N8O3/c34-31-29-30(23-9-11-27(12-10-23)44-26-7-2-1-3-8-26)38-41(32(29)36-21-35-31)24-13-16-39(17-14-24)20-22-5-4-6-25(19-22)40-18-15-28(42)37-33(40)43/h1-12,19,21,24H,13-18,20H2,(H2,34,35,36)(H,37,42,43). The van der Waals surface area contributed by atoms with Gasteiger partial charge >= 0.3 is 6.03 Å². The molecule has 44 heavy (non-hydrogen) atoms. The molecule has 2 fully saturated rings. The molecule has 0 radical (unpaired) electrons. The maximum Gasteiger partial charge on any atom is 0.328 e. The van der Waals surface area contributed by atoms with E-state index < -0.39 is 0 Å². The first-order chi connectivity index (χ1) is 21.5. The molecule has 0 spiro atoms. The summed E-state index contributed by atoms with van der Waals surface area (Å²) in [6.45, 7) is 2.93. The van der Waals surface area contributed by atoms with Crippen molar-refractivity contribution in [1.29, 1.82) is 0 Å². The van der Waals surface area contributed by atoms with Gasteiger partial charge < -0.3 is 10.5 Å². The van der Waals surface area contributed by atoms with Crippen LogP contribution in [0.4, 0.5) is 16.3 Å². The Labute approximate surface area is 254 Å². The zero-order valence-corrected chi connectivity index (χ0v) is 24.1. The van der Waals surface area contributed by atoms with Crippen molar-refractivity contribution in [3.8, 4) is 22.8 Å². The van der Waals surface area contributed by atoms with Crippen molar-refractivity contribution in [3.05, 3.63) is 90.8 Å². The lowest BCUT2D eigenvalue weighted by Crippen LogP contribution is -2.49. The average Bonchev–Trinajstić information content (AvgIpc) is 3.43. The van der Waals surface area contributed by atoms with E-state index in [1.54, 1.807) is 4.90 Å². The topological polar surface area (TPSA) is 131 Å². The van der Waals surface area contributed by atoms with Gasteiger partial charge in [-0.25, -0.2) is 19.4 Å². The van der Waals surface area contributed by atoms with E-state index in [1.165, 1.54) is 6.33 Å². The van der Waals surface area contributed by atoms with Crippen LogP contribution in [0.3, 0.4) is 0 Å². The van der Waals surface area contributed by atoms with Crippen molar-refractivity contribution in [3.63, 3.8) is 0 Å². The second-order valence-electron chi connectivity index (χ2n) is 11.1. The van der Waals surface area contributed by atoms with Crippen LogP contribution in [0.1, 0.15) is 30.9 Å². The predicted octanol–water partition coefficient (Wildman–Crippen LogP) is 5.15. The molecule has 0 saturated carbocycles. The number of para-hydroxylation sites is 1. The summed E-state index contributed by atoms with van der Waals surface area (Å²) in [7, 11) is 0. The van der Waals surface area contributed by atoms with E-state index in [4.69, 9.17) is 15.6 Å². The van der Waals surface area contributed by atoms with Gasteiger partial charge in [0.05, 0.1) is 11.4 Å². The number of carbonyl (C=O) groups is 2. The number of hydrogen-bond donors (Lipinski definition) is 2. The minimum atomic E-state index is -0.370. The summed E-state index contributed by atoms with van der Waals surface area (Å²) >= 11 is 0. The zero-order valence-electron chi connectivity index (χ0n) is 24.1. The van der Waals surface area contributed by atoms with Gasteiger partial charge in [0.15, 0.2) is 5.65 Å². The number of aromatic nitrogens is 4. The molecular weight excluding hydrogens is 556 g/mol. The van der Waals surface area contributed by atoms with E-state index >= 15 is 0 Å². The van der Waals surface area contributed by atoms with Gasteiger partial charge in [0.1, 0.15) is 29.3 Å². The SMILES string of the molecule is Nc1ncnc2c1c(-c1ccc(Oc3ccccc3)cc1)nn2C1CCN(Cc2cccc(N3CCC(=O)NC3=O)c2)CC1. The Balaban J connectivity index is 1.06. The van der Waals surface area contributed by atoms with Gasteiger partial charge in [0.25, 0.3) is 0 Å². The highest BCUT2D eigenvalue weighted by Gasteiger charge is 2.27. The number of amides is 3. The van der Waals surface area contributed by atoms with Gasteiger partial charge in [-0.15, -0.1) is 0 Å². The van der Waals surface area contributed by atoms with Gasteiger partial charge in [-0.1, -0.05) is 30.3 Å². The molecule has 3 aromatic carbocycles. The minimum Gasteiger partial charge on any atom is -0.457 e. The van der Waals surface area contributed by atoms with Crippen molar-refractivity contribution in [2.45, 2.75) is 31.8 Å². The third-order valence-electron chi connectivity index (χ3n) is 8.21. The van der Waals surface area contributed by atoms with Crippen molar-refractivity contribution < 1.29 is 14.3 Å². The summed E-state index contributed by atoms with van der Waals surface area (Å²) in [5, 5.41) is 8.20. The first-order valence-electron chi connectivity index (χ1n) is 14.8. The lowest BCUT2D eigenvalue weighted by atomic mass is 10.0. The van der Waals surface area contributed by atoms with Gasteiger partial charge in [0, 0.05) is 43.9 Å². The fraction of sp³-hybridized carbons (Fsp3) is 0.242. The van der Waals surface area contributed by atoms with Crippen molar-refractivity contribution in [1.82, 2.24) is 30.0 Å². The van der Waals surface area contributed by atoms with E-state index in [9.17, 15) is 9.59 Å². The Morgan fingerprint density at radius 1 is 0.886 bits per heavy atom. The average molecular weight is 589 g/mol. The lowest BCUT2D eigenvalue weighted by Gasteiger charge is -2.32. The fourth-order valence-corrected chi connectivity index (χ4v) is 5.97. The van der Waals surface area contributed by atoms with Crippen LogP contribution in [0.5, 0.6) is 11.5 Å². The lowest BCUT2D eigenvalue weighted by molar-refractivity contribution is -0.120. The van der Waals surface area contributed by atoms with Crippen LogP contribution in [0, 0.1) is 0 Å². The molecule has 2 saturated heterocycles. The van der Waals surface area contributed by atoms with Gasteiger partial charge in [-0.05, 0) is 66.9 Å². The number of imide groups is 1. The smallest absolute Gasteiger partial charge is 0.328 e. The molecule has 11 nitrogen and oxygen atoms in total. The molecule has 2 aromatic heterocycles. The van der Waals surface area contributed by atoms with Crippen LogP contribution in [0.2, 0.25) is 0 Å². The summed E-state index contributed by atoms with van der Waals surface area (Å²) in [6.07, 6.45) is 3.61. The number of nitrogens with two attached hydrogens (primary N) is 1. The third-order valence-corrected chi connectivity index (χ3v) is 8.21. The van der Waals surface area contributed by atoms with E-state index in [0.717, 1.165) is 77.5 Å². The highest BCUT2D eigenvalue weighted by atomic mass is 16.5. The molecule has 4 heterocycles. The maximum absolute atomic E-state index is 12.3. The zero-order chi connectivity index (χ0) is 30.0. The Morgan fingerprint density at radius 2 is 1.66 bits per heavy atom. The van der Waals surface area contributed by atoms with Crippen molar-refractivity contribution >= 4 is 34.5 Å². The first kappa shape index (κ1) is 27.5. The molecule has 0 aliphatic carbocycles. The number of urea groups is 1. The molecule has 3 N–H and O–H groups in total. The molecule has 0 unspecified atom stereocenters. The highest BCUT2D eigenvalue weighted by Crippen LogP contribution is 2.35. The molecule has 5 aromatic rings. The van der Waals surface area contributed by atoms with E-state index in [0.29, 0.717) is 18.8 Å². The normalized spacial score (nSPS) is 16.3. The van der Waals surface area contributed by atoms with Crippen molar-refractivity contribution in [2.75, 3.05) is 30.3 Å². The summed E-state index contributed by atoms with van der Waals surface area (Å²) in [5.74, 6) is 1.69. The fourth-order valence-electron chi connectivity index (χ4n) is 5.97. The molecule has 0 bridgehead atoms. The summed E-state index contributed by atoms with van der Waals surface area (Å²) in [5.41, 5.74) is 10.7. The number of fused-ring (bicyclic) bond motifs is 1. The van der Waals surface area contributed by atoms with Gasteiger partial charge in [-0.3, -0.25) is 19.9 Å². The van der Waals surface area contributed by atoms with E-state index in [2.05, 4.69) is 26.3 Å². The number of likely N-dealkylation sites (tertiary alicyclic amines) is 1. The monoisotopic (exact) mass is 588 g/mol. The number of nitrogens with one attached hydrogen (secondary N) is 1. The molecule has 222 valence electrons. The molecular formula is C33H32N8O3. The van der Waals surface area contributed by atoms with Crippen LogP contribution in [-0.4, -0.2) is 56.2 Å². The summed E-state index contributed by atoms with van der Waals surface area (Å²) in [6, 6.07) is 25.3. The molecule has 2 aliphatic rings. The maximum atomic E-state index is 12.3. The van der Waals surface area contributed by atoms with Gasteiger partial charge in [0.2, 0.25) is 5.91 Å². The minimum absolute atomic E-state index is 0.165. The number of rotatable bonds is 7. The Hall–Kier alpha value is -5.29. The van der Waals surface area contributed by atoms with E-state index in [1.807, 2.05) is 77.5 Å². The van der Waals surface area contributed by atoms with Crippen LogP contribution < -0.4 is 20.7 Å². The number of nitrogen functional groups attached to an aromatic ring is 1.